The quantitative estimate of drug-likeness (QED) is 0.684. The Kier molecular flexibility index (Phi) is 5.40. The van der Waals surface area contributed by atoms with Crippen molar-refractivity contribution in [1.29, 1.82) is 0 Å². The summed E-state index contributed by atoms with van der Waals surface area (Å²) in [6, 6.07) is 12.1. The van der Waals surface area contributed by atoms with Crippen LogP contribution in [0, 0.1) is 19.7 Å². The monoisotopic (exact) mass is 393 g/mol. The van der Waals surface area contributed by atoms with Crippen LogP contribution in [-0.4, -0.2) is 56.7 Å². The Bertz CT molecular complexity index is 992. The summed E-state index contributed by atoms with van der Waals surface area (Å²) < 4.78 is 14.9. The third kappa shape index (κ3) is 4.05. The summed E-state index contributed by atoms with van der Waals surface area (Å²) >= 11 is 0. The van der Waals surface area contributed by atoms with Crippen LogP contribution in [0.5, 0.6) is 0 Å². The first kappa shape index (κ1) is 19.3. The Hall–Kier alpha value is -3.06. The van der Waals surface area contributed by atoms with E-state index < -0.39 is 0 Å². The van der Waals surface area contributed by atoms with Crippen LogP contribution in [0.15, 0.2) is 48.7 Å². The van der Waals surface area contributed by atoms with E-state index in [0.717, 1.165) is 36.7 Å². The molecule has 6 nitrogen and oxygen atoms in total. The van der Waals surface area contributed by atoms with E-state index in [0.29, 0.717) is 24.3 Å². The van der Waals surface area contributed by atoms with Crippen molar-refractivity contribution < 1.29 is 9.18 Å². The summed E-state index contributed by atoms with van der Waals surface area (Å²) in [7, 11) is 0. The minimum absolute atomic E-state index is 0.00541. The number of benzene rings is 1. The van der Waals surface area contributed by atoms with Gasteiger partial charge in [0.1, 0.15) is 5.82 Å². The van der Waals surface area contributed by atoms with Crippen LogP contribution in [0.1, 0.15) is 27.4 Å². The highest BCUT2D eigenvalue weighted by molar-refractivity contribution is 5.96. The van der Waals surface area contributed by atoms with E-state index in [1.54, 1.807) is 23.0 Å². The SMILES string of the molecule is Cc1nn(-c2ccc(F)cc2)c(C)c1C(=O)N1CCN(Cc2ccccn2)CC1. The maximum Gasteiger partial charge on any atom is 0.257 e. The van der Waals surface area contributed by atoms with Crippen LogP contribution >= 0.6 is 0 Å². The van der Waals surface area contributed by atoms with Gasteiger partial charge in [0.2, 0.25) is 0 Å². The van der Waals surface area contributed by atoms with Crippen molar-refractivity contribution in [3.8, 4) is 5.69 Å². The molecule has 0 N–H and O–H groups in total. The average Bonchev–Trinajstić information content (AvgIpc) is 3.03. The lowest BCUT2D eigenvalue weighted by atomic mass is 10.1. The van der Waals surface area contributed by atoms with E-state index in [1.165, 1.54) is 12.1 Å². The molecule has 3 heterocycles. The second kappa shape index (κ2) is 8.13. The fraction of sp³-hybridized carbons (Fsp3) is 0.318. The van der Waals surface area contributed by atoms with Crippen molar-refractivity contribution in [3.63, 3.8) is 0 Å². The number of pyridine rings is 1. The molecule has 0 spiro atoms. The largest absolute Gasteiger partial charge is 0.336 e. The molecular weight excluding hydrogens is 369 g/mol. The van der Waals surface area contributed by atoms with Gasteiger partial charge in [-0.15, -0.1) is 0 Å². The van der Waals surface area contributed by atoms with E-state index in [2.05, 4.69) is 15.0 Å². The second-order valence-electron chi connectivity index (χ2n) is 7.32. The second-order valence-corrected chi connectivity index (χ2v) is 7.32. The van der Waals surface area contributed by atoms with Crippen LogP contribution in [0.25, 0.3) is 5.69 Å². The van der Waals surface area contributed by atoms with Crippen molar-refractivity contribution in [2.24, 2.45) is 0 Å². The molecule has 1 fully saturated rings. The average molecular weight is 393 g/mol. The Morgan fingerprint density at radius 1 is 1.03 bits per heavy atom. The van der Waals surface area contributed by atoms with Gasteiger partial charge >= 0.3 is 0 Å². The number of amides is 1. The predicted molar refractivity (Wildman–Crippen MR) is 108 cm³/mol. The summed E-state index contributed by atoms with van der Waals surface area (Å²) in [4.78, 5) is 21.8. The van der Waals surface area contributed by atoms with Gasteiger partial charge in [-0.3, -0.25) is 14.7 Å². The summed E-state index contributed by atoms with van der Waals surface area (Å²) in [5.41, 5.74) is 3.88. The van der Waals surface area contributed by atoms with Gasteiger partial charge in [-0.2, -0.15) is 5.10 Å². The van der Waals surface area contributed by atoms with E-state index >= 15 is 0 Å². The molecule has 0 radical (unpaired) electrons. The van der Waals surface area contributed by atoms with Gasteiger partial charge in [0.05, 0.1) is 28.3 Å². The van der Waals surface area contributed by atoms with Crippen LogP contribution < -0.4 is 0 Å². The molecule has 150 valence electrons. The number of rotatable bonds is 4. The highest BCUT2D eigenvalue weighted by Crippen LogP contribution is 2.21. The highest BCUT2D eigenvalue weighted by Gasteiger charge is 2.27. The number of nitrogens with zero attached hydrogens (tertiary/aromatic N) is 5. The summed E-state index contributed by atoms with van der Waals surface area (Å²) in [6.07, 6.45) is 1.80. The Morgan fingerprint density at radius 2 is 1.76 bits per heavy atom. The van der Waals surface area contributed by atoms with Gasteiger partial charge in [-0.25, -0.2) is 9.07 Å². The number of halogens is 1. The molecule has 0 saturated carbocycles. The van der Waals surface area contributed by atoms with E-state index in [4.69, 9.17) is 0 Å². The number of carbonyl (C=O) groups is 1. The fourth-order valence-corrected chi connectivity index (χ4v) is 3.77. The van der Waals surface area contributed by atoms with Crippen molar-refractivity contribution >= 4 is 5.91 Å². The maximum atomic E-state index is 13.2. The number of carbonyl (C=O) groups excluding carboxylic acids is 1. The Balaban J connectivity index is 1.46. The maximum absolute atomic E-state index is 13.2. The van der Waals surface area contributed by atoms with Gasteiger partial charge in [0, 0.05) is 38.9 Å². The molecule has 1 aliphatic rings. The lowest BCUT2D eigenvalue weighted by molar-refractivity contribution is 0.0625. The zero-order chi connectivity index (χ0) is 20.4. The van der Waals surface area contributed by atoms with Gasteiger partial charge in [-0.05, 0) is 50.2 Å². The summed E-state index contributed by atoms with van der Waals surface area (Å²) in [5.74, 6) is -0.291. The van der Waals surface area contributed by atoms with E-state index in [-0.39, 0.29) is 11.7 Å². The minimum Gasteiger partial charge on any atom is -0.336 e. The van der Waals surface area contributed by atoms with Gasteiger partial charge < -0.3 is 4.90 Å². The zero-order valence-electron chi connectivity index (χ0n) is 16.7. The van der Waals surface area contributed by atoms with Crippen LogP contribution in [0.3, 0.4) is 0 Å². The molecule has 0 bridgehead atoms. The Labute approximate surface area is 169 Å². The number of hydrogen-bond donors (Lipinski definition) is 0. The van der Waals surface area contributed by atoms with Crippen molar-refractivity contribution in [3.05, 3.63) is 77.1 Å². The molecule has 1 aliphatic heterocycles. The first-order valence-electron chi connectivity index (χ1n) is 9.76. The van der Waals surface area contributed by atoms with Gasteiger partial charge in [0.25, 0.3) is 5.91 Å². The smallest absolute Gasteiger partial charge is 0.257 e. The molecular formula is C22H24FN5O. The molecule has 4 rings (SSSR count). The standard InChI is InChI=1S/C22H24FN5O/c1-16-21(17(2)28(25-16)20-8-6-18(23)7-9-20)22(29)27-13-11-26(12-14-27)15-19-5-3-4-10-24-19/h3-10H,11-15H2,1-2H3. The molecule has 0 atom stereocenters. The first-order valence-corrected chi connectivity index (χ1v) is 9.76. The molecule has 0 aliphatic carbocycles. The lowest BCUT2D eigenvalue weighted by Gasteiger charge is -2.34. The molecule has 29 heavy (non-hydrogen) atoms. The lowest BCUT2D eigenvalue weighted by Crippen LogP contribution is -2.48. The van der Waals surface area contributed by atoms with Crippen molar-refractivity contribution in [2.75, 3.05) is 26.2 Å². The number of hydrogen-bond acceptors (Lipinski definition) is 4. The minimum atomic E-state index is -0.296. The molecule has 1 aromatic carbocycles. The fourth-order valence-electron chi connectivity index (χ4n) is 3.77. The summed E-state index contributed by atoms with van der Waals surface area (Å²) in [6.45, 7) is 7.49. The highest BCUT2D eigenvalue weighted by atomic mass is 19.1. The molecule has 1 saturated heterocycles. The van der Waals surface area contributed by atoms with Crippen molar-refractivity contribution in [1.82, 2.24) is 24.6 Å². The Morgan fingerprint density at radius 3 is 2.41 bits per heavy atom. The molecule has 1 amide bonds. The first-order chi connectivity index (χ1) is 14.0. The topological polar surface area (TPSA) is 54.3 Å². The van der Waals surface area contributed by atoms with E-state index in [1.807, 2.05) is 36.9 Å². The molecule has 3 aromatic rings. The normalized spacial score (nSPS) is 14.9. The molecule has 7 heteroatoms. The van der Waals surface area contributed by atoms with Gasteiger partial charge in [-0.1, -0.05) is 6.07 Å². The van der Waals surface area contributed by atoms with E-state index in [9.17, 15) is 9.18 Å². The third-order valence-electron chi connectivity index (χ3n) is 5.35. The third-order valence-corrected chi connectivity index (χ3v) is 5.35. The van der Waals surface area contributed by atoms with Crippen molar-refractivity contribution in [2.45, 2.75) is 20.4 Å². The molecule has 2 aromatic heterocycles. The number of aromatic nitrogens is 3. The molecule has 0 unspecified atom stereocenters. The van der Waals surface area contributed by atoms with Crippen LogP contribution in [-0.2, 0) is 6.54 Å². The number of aryl methyl sites for hydroxylation is 1. The predicted octanol–water partition coefficient (Wildman–Crippen LogP) is 2.98. The summed E-state index contributed by atoms with van der Waals surface area (Å²) in [5, 5.41) is 4.52. The van der Waals surface area contributed by atoms with Crippen LogP contribution in [0.4, 0.5) is 4.39 Å². The zero-order valence-corrected chi connectivity index (χ0v) is 16.7. The number of piperazine rings is 1. The van der Waals surface area contributed by atoms with Gasteiger partial charge in [0.15, 0.2) is 0 Å². The van der Waals surface area contributed by atoms with Crippen LogP contribution in [0.2, 0.25) is 0 Å².